The molecule has 130 valence electrons. The van der Waals surface area contributed by atoms with E-state index in [1.54, 1.807) is 23.3 Å². The molecule has 3 rings (SSSR count). The summed E-state index contributed by atoms with van der Waals surface area (Å²) in [5.41, 5.74) is 2.10. The van der Waals surface area contributed by atoms with Crippen LogP contribution in [-0.4, -0.2) is 30.9 Å². The number of halogens is 3. The van der Waals surface area contributed by atoms with E-state index in [4.69, 9.17) is 5.26 Å². The van der Waals surface area contributed by atoms with Gasteiger partial charge in [-0.25, -0.2) is 9.97 Å². The van der Waals surface area contributed by atoms with E-state index in [0.29, 0.717) is 11.3 Å². The molecule has 3 heterocycles. The van der Waals surface area contributed by atoms with Crippen molar-refractivity contribution in [1.29, 1.82) is 5.26 Å². The number of hydrogen-bond acceptors (Lipinski definition) is 4. The molecule has 0 fully saturated rings. The quantitative estimate of drug-likeness (QED) is 0.729. The van der Waals surface area contributed by atoms with Gasteiger partial charge in [-0.1, -0.05) is 0 Å². The number of aromatic amines is 1. The van der Waals surface area contributed by atoms with Crippen LogP contribution in [0.15, 0.2) is 31.0 Å². The molecule has 0 aliphatic rings. The van der Waals surface area contributed by atoms with Crippen LogP contribution < -0.4 is 0 Å². The third-order valence-electron chi connectivity index (χ3n) is 3.93. The van der Waals surface area contributed by atoms with Crippen LogP contribution >= 0.6 is 0 Å². The number of nitrogens with one attached hydrogen (secondary N) is 1. The van der Waals surface area contributed by atoms with Crippen molar-refractivity contribution < 1.29 is 13.2 Å². The average Bonchev–Trinajstić information content (AvgIpc) is 3.22. The van der Waals surface area contributed by atoms with Gasteiger partial charge in [0.1, 0.15) is 12.0 Å². The first kappa shape index (κ1) is 17.0. The van der Waals surface area contributed by atoms with Crippen LogP contribution in [0.3, 0.4) is 0 Å². The second-order valence-electron chi connectivity index (χ2n) is 5.69. The molecule has 0 radical (unpaired) electrons. The predicted octanol–water partition coefficient (Wildman–Crippen LogP) is 4.01. The highest BCUT2D eigenvalue weighted by molar-refractivity contribution is 5.89. The fraction of sp³-hybridized carbons (Fsp3) is 0.375. The van der Waals surface area contributed by atoms with Gasteiger partial charge in [-0.2, -0.15) is 23.5 Å². The van der Waals surface area contributed by atoms with Crippen molar-refractivity contribution in [2.75, 3.05) is 0 Å². The molecule has 1 N–H and O–H groups in total. The summed E-state index contributed by atoms with van der Waals surface area (Å²) in [4.78, 5) is 11.4. The highest BCUT2D eigenvalue weighted by Crippen LogP contribution is 2.28. The molecule has 9 heteroatoms. The van der Waals surface area contributed by atoms with Crippen LogP contribution in [0.1, 0.15) is 31.7 Å². The molecule has 3 aromatic rings. The maximum absolute atomic E-state index is 12.3. The highest BCUT2D eigenvalue weighted by Gasteiger charge is 2.27. The summed E-state index contributed by atoms with van der Waals surface area (Å²) >= 11 is 0. The molecule has 0 unspecified atom stereocenters. The van der Waals surface area contributed by atoms with E-state index in [9.17, 15) is 13.2 Å². The van der Waals surface area contributed by atoms with Crippen molar-refractivity contribution in [2.24, 2.45) is 0 Å². The van der Waals surface area contributed by atoms with Crippen LogP contribution in [0.4, 0.5) is 13.2 Å². The molecule has 6 nitrogen and oxygen atoms in total. The molecule has 0 saturated carbocycles. The van der Waals surface area contributed by atoms with Gasteiger partial charge in [0.2, 0.25) is 0 Å². The minimum absolute atomic E-state index is 0.0411. The lowest BCUT2D eigenvalue weighted by Crippen LogP contribution is -2.12. The summed E-state index contributed by atoms with van der Waals surface area (Å²) in [6, 6.07) is 3.46. The lowest BCUT2D eigenvalue weighted by atomic mass is 10.1. The number of aromatic nitrogens is 5. The Morgan fingerprint density at radius 3 is 2.92 bits per heavy atom. The number of rotatable bonds is 6. The van der Waals surface area contributed by atoms with Gasteiger partial charge in [-0.15, -0.1) is 0 Å². The second-order valence-corrected chi connectivity index (χ2v) is 5.69. The number of nitrogens with zero attached hydrogens (tertiary/aromatic N) is 5. The van der Waals surface area contributed by atoms with Crippen LogP contribution in [-0.2, 0) is 0 Å². The third kappa shape index (κ3) is 3.96. The molecule has 0 spiro atoms. The summed E-state index contributed by atoms with van der Waals surface area (Å²) in [6.07, 6.45) is 1.74. The Balaban J connectivity index is 1.80. The normalized spacial score (nSPS) is 13.0. The van der Waals surface area contributed by atoms with Gasteiger partial charge >= 0.3 is 6.18 Å². The maximum Gasteiger partial charge on any atom is 0.389 e. The molecule has 0 amide bonds. The highest BCUT2D eigenvalue weighted by atomic mass is 19.4. The number of hydrogen-bond donors (Lipinski definition) is 1. The van der Waals surface area contributed by atoms with Crippen LogP contribution in [0.25, 0.3) is 22.3 Å². The van der Waals surface area contributed by atoms with Crippen LogP contribution in [0, 0.1) is 11.3 Å². The molecule has 0 aromatic carbocycles. The number of H-pyrrole nitrogens is 1. The fourth-order valence-corrected chi connectivity index (χ4v) is 2.73. The molecular weight excluding hydrogens is 333 g/mol. The summed E-state index contributed by atoms with van der Waals surface area (Å²) < 4.78 is 38.6. The van der Waals surface area contributed by atoms with Gasteiger partial charge in [0.15, 0.2) is 0 Å². The Labute approximate surface area is 141 Å². The Bertz CT molecular complexity index is 889. The van der Waals surface area contributed by atoms with E-state index in [-0.39, 0.29) is 19.3 Å². The van der Waals surface area contributed by atoms with Crippen molar-refractivity contribution >= 4 is 11.0 Å². The van der Waals surface area contributed by atoms with Gasteiger partial charge < -0.3 is 4.98 Å². The first-order valence-corrected chi connectivity index (χ1v) is 7.74. The van der Waals surface area contributed by atoms with Crippen molar-refractivity contribution in [3.05, 3.63) is 31.0 Å². The minimum Gasteiger partial charge on any atom is -0.346 e. The standard InChI is InChI=1S/C16H15F3N6/c17-16(18,19)5-1-2-12(3-6-20)25-9-11(8-24-25)14-13-4-7-21-15(13)23-10-22-14/h4,7-10,12H,1-3,5H2,(H,21,22,23)/t12-/m1/s1. The largest absolute Gasteiger partial charge is 0.389 e. The molecule has 3 aromatic heterocycles. The first-order chi connectivity index (χ1) is 12.0. The Kier molecular flexibility index (Phi) is 4.70. The summed E-state index contributed by atoms with van der Waals surface area (Å²) in [6.45, 7) is 0. The van der Waals surface area contributed by atoms with Gasteiger partial charge in [0, 0.05) is 29.8 Å². The smallest absolute Gasteiger partial charge is 0.346 e. The molecule has 0 bridgehead atoms. The first-order valence-electron chi connectivity index (χ1n) is 7.74. The Hall–Kier alpha value is -2.89. The lowest BCUT2D eigenvalue weighted by molar-refractivity contribution is -0.136. The van der Waals surface area contributed by atoms with Crippen molar-refractivity contribution in [1.82, 2.24) is 24.7 Å². The number of nitriles is 1. The summed E-state index contributed by atoms with van der Waals surface area (Å²) in [5, 5.41) is 14.0. The molecule has 0 aliphatic carbocycles. The second kappa shape index (κ2) is 6.93. The van der Waals surface area contributed by atoms with E-state index in [1.807, 2.05) is 12.1 Å². The molecule has 1 atom stereocenters. The number of fused-ring (bicyclic) bond motifs is 1. The van der Waals surface area contributed by atoms with Gasteiger partial charge in [0.05, 0.1) is 30.4 Å². The molecule has 25 heavy (non-hydrogen) atoms. The van der Waals surface area contributed by atoms with Crippen LogP contribution in [0.5, 0.6) is 0 Å². The fourth-order valence-electron chi connectivity index (χ4n) is 2.73. The molecule has 0 aliphatic heterocycles. The van der Waals surface area contributed by atoms with E-state index in [2.05, 4.69) is 20.1 Å². The average molecular weight is 348 g/mol. The topological polar surface area (TPSA) is 83.2 Å². The van der Waals surface area contributed by atoms with E-state index in [1.165, 1.54) is 6.33 Å². The predicted molar refractivity (Wildman–Crippen MR) is 84.3 cm³/mol. The SMILES string of the molecule is N#CC[C@@H](CCCC(F)(F)F)n1cc(-c2ncnc3[nH]ccc23)cn1. The Morgan fingerprint density at radius 2 is 2.16 bits per heavy atom. The zero-order chi connectivity index (χ0) is 17.9. The summed E-state index contributed by atoms with van der Waals surface area (Å²) in [5.74, 6) is 0. The number of alkyl halides is 3. The lowest BCUT2D eigenvalue weighted by Gasteiger charge is -2.15. The van der Waals surface area contributed by atoms with E-state index < -0.39 is 18.6 Å². The minimum atomic E-state index is -4.19. The van der Waals surface area contributed by atoms with E-state index >= 15 is 0 Å². The summed E-state index contributed by atoms with van der Waals surface area (Å²) in [7, 11) is 0. The van der Waals surface area contributed by atoms with Crippen molar-refractivity contribution in [2.45, 2.75) is 37.9 Å². The Morgan fingerprint density at radius 1 is 1.32 bits per heavy atom. The molecular formula is C16H15F3N6. The third-order valence-corrected chi connectivity index (χ3v) is 3.93. The molecule has 0 saturated heterocycles. The van der Waals surface area contributed by atoms with Crippen molar-refractivity contribution in [3.8, 4) is 17.3 Å². The zero-order valence-electron chi connectivity index (χ0n) is 13.2. The van der Waals surface area contributed by atoms with E-state index in [0.717, 1.165) is 10.9 Å². The van der Waals surface area contributed by atoms with Gasteiger partial charge in [-0.3, -0.25) is 4.68 Å². The van der Waals surface area contributed by atoms with Gasteiger partial charge in [-0.05, 0) is 18.9 Å². The monoisotopic (exact) mass is 348 g/mol. The van der Waals surface area contributed by atoms with Crippen molar-refractivity contribution in [3.63, 3.8) is 0 Å². The van der Waals surface area contributed by atoms with Crippen LogP contribution in [0.2, 0.25) is 0 Å². The maximum atomic E-state index is 12.3. The van der Waals surface area contributed by atoms with Gasteiger partial charge in [0.25, 0.3) is 0 Å². The zero-order valence-corrected chi connectivity index (χ0v) is 13.2.